The first-order valence-electron chi connectivity index (χ1n) is 7.86. The summed E-state index contributed by atoms with van der Waals surface area (Å²) in [5.41, 5.74) is 0.681. The molecule has 1 N–H and O–H groups in total. The number of hydrogen-bond acceptors (Lipinski definition) is 5. The minimum absolute atomic E-state index is 0.104. The second-order valence-electron chi connectivity index (χ2n) is 5.66. The van der Waals surface area contributed by atoms with Crippen LogP contribution in [0, 0.1) is 0 Å². The molecule has 3 rings (SSSR count). The summed E-state index contributed by atoms with van der Waals surface area (Å²) >= 11 is 5.83. The molecular weight excluding hydrogens is 344 g/mol. The van der Waals surface area contributed by atoms with Crippen molar-refractivity contribution >= 4 is 23.2 Å². The Labute approximate surface area is 151 Å². The lowest BCUT2D eigenvalue weighted by molar-refractivity contribution is -0.117. The molecule has 0 atom stereocenters. The maximum atomic E-state index is 12.1. The van der Waals surface area contributed by atoms with Gasteiger partial charge in [-0.05, 0) is 43.4 Å². The van der Waals surface area contributed by atoms with E-state index >= 15 is 0 Å². The summed E-state index contributed by atoms with van der Waals surface area (Å²) in [5.74, 6) is 1.98. The van der Waals surface area contributed by atoms with Crippen molar-refractivity contribution in [2.45, 2.75) is 0 Å². The Kier molecular flexibility index (Phi) is 5.63. The van der Waals surface area contributed by atoms with Gasteiger partial charge in [-0.3, -0.25) is 9.69 Å². The van der Waals surface area contributed by atoms with Gasteiger partial charge in [0.15, 0.2) is 11.5 Å². The van der Waals surface area contributed by atoms with Gasteiger partial charge in [-0.1, -0.05) is 11.6 Å². The van der Waals surface area contributed by atoms with E-state index in [1.54, 1.807) is 30.3 Å². The fourth-order valence-electron chi connectivity index (χ4n) is 2.35. The maximum absolute atomic E-state index is 12.1. The molecule has 0 spiro atoms. The van der Waals surface area contributed by atoms with Crippen LogP contribution in [0.4, 0.5) is 5.69 Å². The molecule has 1 aliphatic heterocycles. The highest BCUT2D eigenvalue weighted by molar-refractivity contribution is 6.30. The molecule has 0 aliphatic carbocycles. The fraction of sp³-hybridized carbons (Fsp3) is 0.278. The number of carbonyl (C=O) groups is 1. The highest BCUT2D eigenvalue weighted by atomic mass is 35.5. The maximum Gasteiger partial charge on any atom is 0.238 e. The number of ether oxygens (including phenoxy) is 3. The molecule has 0 bridgehead atoms. The van der Waals surface area contributed by atoms with E-state index in [1.807, 2.05) is 24.1 Å². The zero-order valence-electron chi connectivity index (χ0n) is 13.8. The summed E-state index contributed by atoms with van der Waals surface area (Å²) in [5, 5.41) is 3.52. The molecular formula is C18H19ClN2O4. The molecule has 0 unspecified atom stereocenters. The molecule has 6 nitrogen and oxygen atoms in total. The van der Waals surface area contributed by atoms with Gasteiger partial charge in [-0.25, -0.2) is 0 Å². The van der Waals surface area contributed by atoms with Gasteiger partial charge in [0.25, 0.3) is 0 Å². The number of hydrogen-bond donors (Lipinski definition) is 1. The number of halogens is 1. The zero-order valence-corrected chi connectivity index (χ0v) is 14.6. The second kappa shape index (κ2) is 8.09. The van der Waals surface area contributed by atoms with Crippen LogP contribution in [0.5, 0.6) is 17.2 Å². The molecule has 1 heterocycles. The van der Waals surface area contributed by atoms with Crippen LogP contribution in [-0.2, 0) is 4.79 Å². The molecule has 0 aromatic heterocycles. The van der Waals surface area contributed by atoms with Crippen LogP contribution in [0.15, 0.2) is 42.5 Å². The third-order valence-electron chi connectivity index (χ3n) is 3.63. The topological polar surface area (TPSA) is 60.0 Å². The molecule has 7 heteroatoms. The van der Waals surface area contributed by atoms with Crippen LogP contribution in [0.3, 0.4) is 0 Å². The summed E-state index contributed by atoms with van der Waals surface area (Å²) in [6.45, 7) is 1.58. The quantitative estimate of drug-likeness (QED) is 0.820. The number of anilines is 1. The molecule has 0 radical (unpaired) electrons. The summed E-state index contributed by atoms with van der Waals surface area (Å²) in [7, 11) is 1.87. The van der Waals surface area contributed by atoms with E-state index in [0.29, 0.717) is 35.4 Å². The first-order chi connectivity index (χ1) is 12.1. The third kappa shape index (κ3) is 5.01. The SMILES string of the molecule is CN(CCOc1ccc(Cl)cc1)CC(=O)Nc1ccc2c(c1)OCO2. The monoisotopic (exact) mass is 362 g/mol. The highest BCUT2D eigenvalue weighted by Crippen LogP contribution is 2.34. The summed E-state index contributed by atoms with van der Waals surface area (Å²) in [4.78, 5) is 14.0. The lowest BCUT2D eigenvalue weighted by Crippen LogP contribution is -2.33. The number of amides is 1. The van der Waals surface area contributed by atoms with Gasteiger partial charge in [-0.2, -0.15) is 0 Å². The average Bonchev–Trinajstić information content (AvgIpc) is 3.04. The molecule has 0 saturated carbocycles. The van der Waals surface area contributed by atoms with Gasteiger partial charge < -0.3 is 19.5 Å². The first kappa shape index (κ1) is 17.4. The van der Waals surface area contributed by atoms with E-state index in [1.165, 1.54) is 0 Å². The van der Waals surface area contributed by atoms with Crippen LogP contribution in [0.2, 0.25) is 5.02 Å². The number of nitrogens with one attached hydrogen (secondary N) is 1. The van der Waals surface area contributed by atoms with Crippen molar-refractivity contribution < 1.29 is 19.0 Å². The number of carbonyl (C=O) groups excluding carboxylic acids is 1. The Hall–Kier alpha value is -2.44. The number of nitrogens with zero attached hydrogens (tertiary/aromatic N) is 1. The van der Waals surface area contributed by atoms with E-state index in [2.05, 4.69) is 5.32 Å². The summed E-state index contributed by atoms with van der Waals surface area (Å²) in [6.07, 6.45) is 0. The van der Waals surface area contributed by atoms with Crippen molar-refractivity contribution in [1.82, 2.24) is 4.90 Å². The smallest absolute Gasteiger partial charge is 0.238 e. The normalized spacial score (nSPS) is 12.3. The van der Waals surface area contributed by atoms with Crippen molar-refractivity contribution in [1.29, 1.82) is 0 Å². The minimum atomic E-state index is -0.104. The molecule has 1 aliphatic rings. The fourth-order valence-corrected chi connectivity index (χ4v) is 2.48. The zero-order chi connectivity index (χ0) is 17.6. The molecule has 0 fully saturated rings. The Morgan fingerprint density at radius 3 is 2.76 bits per heavy atom. The third-order valence-corrected chi connectivity index (χ3v) is 3.88. The Morgan fingerprint density at radius 2 is 1.96 bits per heavy atom. The van der Waals surface area contributed by atoms with E-state index in [4.69, 9.17) is 25.8 Å². The summed E-state index contributed by atoms with van der Waals surface area (Å²) < 4.78 is 16.2. The Morgan fingerprint density at radius 1 is 1.20 bits per heavy atom. The molecule has 1 amide bonds. The molecule has 2 aromatic rings. The average molecular weight is 363 g/mol. The van der Waals surface area contributed by atoms with Crippen molar-refractivity contribution in [2.75, 3.05) is 38.9 Å². The minimum Gasteiger partial charge on any atom is -0.492 e. The van der Waals surface area contributed by atoms with Gasteiger partial charge in [0.2, 0.25) is 12.7 Å². The predicted molar refractivity (Wildman–Crippen MR) is 95.6 cm³/mol. The van der Waals surface area contributed by atoms with Crippen molar-refractivity contribution in [3.63, 3.8) is 0 Å². The van der Waals surface area contributed by atoms with E-state index in [9.17, 15) is 4.79 Å². The highest BCUT2D eigenvalue weighted by Gasteiger charge is 2.14. The van der Waals surface area contributed by atoms with Crippen molar-refractivity contribution in [3.05, 3.63) is 47.5 Å². The number of rotatable bonds is 7. The molecule has 132 valence electrons. The van der Waals surface area contributed by atoms with E-state index in [-0.39, 0.29) is 19.2 Å². The van der Waals surface area contributed by atoms with Gasteiger partial charge >= 0.3 is 0 Å². The molecule has 0 saturated heterocycles. The lowest BCUT2D eigenvalue weighted by atomic mass is 10.2. The van der Waals surface area contributed by atoms with Crippen LogP contribution < -0.4 is 19.5 Å². The Bertz CT molecular complexity index is 736. The van der Waals surface area contributed by atoms with Gasteiger partial charge in [-0.15, -0.1) is 0 Å². The number of likely N-dealkylation sites (N-methyl/N-ethyl adjacent to an activating group) is 1. The lowest BCUT2D eigenvalue weighted by Gasteiger charge is -2.16. The van der Waals surface area contributed by atoms with Crippen LogP contribution in [0.1, 0.15) is 0 Å². The standard InChI is InChI=1S/C18H19ClN2O4/c1-21(8-9-23-15-5-2-13(19)3-6-15)11-18(22)20-14-4-7-16-17(10-14)25-12-24-16/h2-7,10H,8-9,11-12H2,1H3,(H,20,22). The summed E-state index contributed by atoms with van der Waals surface area (Å²) in [6, 6.07) is 12.5. The van der Waals surface area contributed by atoms with Crippen molar-refractivity contribution in [3.8, 4) is 17.2 Å². The van der Waals surface area contributed by atoms with E-state index in [0.717, 1.165) is 5.75 Å². The Balaban J connectivity index is 1.40. The van der Waals surface area contributed by atoms with Gasteiger partial charge in [0.05, 0.1) is 6.54 Å². The first-order valence-corrected chi connectivity index (χ1v) is 8.24. The predicted octanol–water partition coefficient (Wildman–Crippen LogP) is 3.02. The number of fused-ring (bicyclic) bond motifs is 1. The van der Waals surface area contributed by atoms with Gasteiger partial charge in [0.1, 0.15) is 12.4 Å². The molecule has 2 aromatic carbocycles. The number of benzene rings is 2. The van der Waals surface area contributed by atoms with Crippen LogP contribution in [-0.4, -0.2) is 44.3 Å². The van der Waals surface area contributed by atoms with Crippen molar-refractivity contribution in [2.24, 2.45) is 0 Å². The van der Waals surface area contributed by atoms with E-state index < -0.39 is 0 Å². The van der Waals surface area contributed by atoms with Gasteiger partial charge in [0, 0.05) is 23.3 Å². The second-order valence-corrected chi connectivity index (χ2v) is 6.09. The molecule has 25 heavy (non-hydrogen) atoms. The van der Waals surface area contributed by atoms with Crippen LogP contribution >= 0.6 is 11.6 Å². The van der Waals surface area contributed by atoms with Crippen LogP contribution in [0.25, 0.3) is 0 Å². The largest absolute Gasteiger partial charge is 0.492 e.